The number of fused-ring (bicyclic) bond motifs is 3. The molecule has 0 radical (unpaired) electrons. The van der Waals surface area contributed by atoms with E-state index in [-0.39, 0.29) is 41.7 Å². The van der Waals surface area contributed by atoms with Crippen LogP contribution in [0.25, 0.3) is 10.1 Å². The van der Waals surface area contributed by atoms with E-state index in [4.69, 9.17) is 14.0 Å². The minimum Gasteiger partial charge on any atom is -0.465 e. The van der Waals surface area contributed by atoms with Gasteiger partial charge in [-0.3, -0.25) is 28.7 Å². The number of nitrogens with zero attached hydrogens (tertiary/aromatic N) is 4. The van der Waals surface area contributed by atoms with Crippen molar-refractivity contribution in [3.8, 4) is 5.75 Å². The number of thiophene rings is 1. The summed E-state index contributed by atoms with van der Waals surface area (Å²) in [5.74, 6) is -2.46. The summed E-state index contributed by atoms with van der Waals surface area (Å²) < 4.78 is 48.2. The van der Waals surface area contributed by atoms with Crippen LogP contribution in [0.4, 0.5) is 10.1 Å². The number of likely N-dealkylation sites (tertiary alicyclic amines) is 1. The molecular formula is C46H54FN6O8PS. The summed E-state index contributed by atoms with van der Waals surface area (Å²) in [4.78, 5) is 66.1. The van der Waals surface area contributed by atoms with Gasteiger partial charge in [-0.05, 0) is 105 Å². The first-order valence-electron chi connectivity index (χ1n) is 22.1. The highest BCUT2D eigenvalue weighted by Gasteiger charge is 2.53. The topological polar surface area (TPSA) is 160 Å². The fraction of sp³-hybridized carbons (Fsp3) is 0.500. The molecule has 1 aliphatic carbocycles. The van der Waals surface area contributed by atoms with Gasteiger partial charge in [-0.2, -0.15) is 0 Å². The number of amides is 3. The second kappa shape index (κ2) is 18.3. The van der Waals surface area contributed by atoms with Crippen molar-refractivity contribution in [2.75, 3.05) is 50.9 Å². The monoisotopic (exact) mass is 900 g/mol. The second-order valence-electron chi connectivity index (χ2n) is 17.5. The number of pyridine rings is 1. The Morgan fingerprint density at radius 1 is 1.02 bits per heavy atom. The third-order valence-electron chi connectivity index (χ3n) is 13.1. The highest BCUT2D eigenvalue weighted by atomic mass is 32.1. The molecule has 5 aliphatic rings. The normalized spacial score (nSPS) is 25.4. The molecule has 0 bridgehead atoms. The van der Waals surface area contributed by atoms with Crippen LogP contribution >= 0.6 is 18.9 Å². The first-order chi connectivity index (χ1) is 30.5. The molecule has 2 unspecified atom stereocenters. The number of nitrogens with one attached hydrogen (secondary N) is 2. The Kier molecular flexibility index (Phi) is 12.6. The Morgan fingerprint density at radius 2 is 1.79 bits per heavy atom. The number of carbonyl (C=O) groups excluding carboxylic acids is 4. The van der Waals surface area contributed by atoms with Gasteiger partial charge in [-0.1, -0.05) is 31.2 Å². The van der Waals surface area contributed by atoms with Crippen molar-refractivity contribution in [2.45, 2.75) is 88.4 Å². The molecule has 2 aromatic heterocycles. The van der Waals surface area contributed by atoms with Crippen molar-refractivity contribution < 1.29 is 42.1 Å². The van der Waals surface area contributed by atoms with Crippen LogP contribution in [0.5, 0.6) is 5.75 Å². The Balaban J connectivity index is 0.887. The van der Waals surface area contributed by atoms with E-state index in [1.54, 1.807) is 53.6 Å². The standard InChI is InChI=1S/C46H54FN6O8PS/c1-3-17-60-46(57)28(2)50-62(58,61-35-7-5-4-6-8-35)42(47)29-9-12-40-32(20-29)24-41(63-40)43(54)49-37-23-31-21-30(31)22-34-10-11-39(53(34)44(37)55)45(56)52-26-33(27-52)36-25-48-14-13-38(36)51-15-18-59-19-16-51/h4-9,12-14,20,24-25,28,30-31,33-34,37,39,42H,3,10-11,15-19,21-23,26-27H2,1-2H3,(H,49,54)(H,50,58)/t28-,30-,31+,34+,37-,39-,42?,62?/m0/s1. The van der Waals surface area contributed by atoms with Gasteiger partial charge >= 0.3 is 13.5 Å². The highest BCUT2D eigenvalue weighted by molar-refractivity contribution is 7.57. The summed E-state index contributed by atoms with van der Waals surface area (Å²) in [6.45, 7) is 7.55. The van der Waals surface area contributed by atoms with Crippen molar-refractivity contribution in [1.82, 2.24) is 25.2 Å². The molecule has 63 heavy (non-hydrogen) atoms. The number of benzene rings is 2. The molecule has 3 amide bonds. The van der Waals surface area contributed by atoms with E-state index in [1.807, 2.05) is 24.1 Å². The third-order valence-corrected chi connectivity index (χ3v) is 16.4. The smallest absolute Gasteiger partial charge is 0.355 e. The van der Waals surface area contributed by atoms with Gasteiger partial charge in [-0.15, -0.1) is 11.3 Å². The average molecular weight is 901 g/mol. The average Bonchev–Trinajstić information content (AvgIpc) is 3.62. The Hall–Kier alpha value is -4.89. The number of aromatic nitrogens is 1. The summed E-state index contributed by atoms with van der Waals surface area (Å²) in [5.41, 5.74) is 2.30. The maximum absolute atomic E-state index is 16.6. The molecule has 6 heterocycles. The number of halogens is 1. The second-order valence-corrected chi connectivity index (χ2v) is 20.7. The molecule has 1 saturated carbocycles. The van der Waals surface area contributed by atoms with Crippen LogP contribution in [0.2, 0.25) is 0 Å². The van der Waals surface area contributed by atoms with E-state index < -0.39 is 43.4 Å². The zero-order chi connectivity index (χ0) is 43.8. The van der Waals surface area contributed by atoms with Gasteiger partial charge in [0.1, 0.15) is 23.9 Å². The molecule has 4 saturated heterocycles. The van der Waals surface area contributed by atoms with Gasteiger partial charge in [0, 0.05) is 66.5 Å². The number of ether oxygens (including phenoxy) is 2. The summed E-state index contributed by atoms with van der Waals surface area (Å²) in [7, 11) is -4.45. The summed E-state index contributed by atoms with van der Waals surface area (Å²) in [6.07, 6.45) is 8.02. The molecule has 17 heteroatoms. The first-order valence-corrected chi connectivity index (χ1v) is 24.7. The maximum atomic E-state index is 16.6. The summed E-state index contributed by atoms with van der Waals surface area (Å²) >= 11 is 1.21. The van der Waals surface area contributed by atoms with Crippen LogP contribution in [-0.4, -0.2) is 109 Å². The lowest BCUT2D eigenvalue weighted by molar-refractivity contribution is -0.149. The number of carbonyl (C=O) groups is 4. The minimum absolute atomic E-state index is 0.0328. The van der Waals surface area contributed by atoms with E-state index in [9.17, 15) is 23.7 Å². The van der Waals surface area contributed by atoms with Gasteiger partial charge in [-0.25, -0.2) is 9.48 Å². The molecule has 5 fully saturated rings. The number of hydrogen-bond acceptors (Lipinski definition) is 11. The number of morpholine rings is 1. The van der Waals surface area contributed by atoms with Crippen LogP contribution in [0.15, 0.2) is 73.1 Å². The maximum Gasteiger partial charge on any atom is 0.355 e. The van der Waals surface area contributed by atoms with Crippen molar-refractivity contribution >= 4 is 58.3 Å². The lowest BCUT2D eigenvalue weighted by Gasteiger charge is -2.44. The number of para-hydroxylation sites is 1. The SMILES string of the molecule is CCCOC(=O)[C@H](C)NP(=O)(Oc1ccccc1)C(F)c1ccc2sc(C(=O)N[C@H]3C[C@H]4C[C@H]4C[C@H]4CC[C@@H](C(=O)N5CC(c6cnccc6N6CCOCC6)C5)N4C3=O)cc2c1. The zero-order valence-corrected chi connectivity index (χ0v) is 37.2. The lowest BCUT2D eigenvalue weighted by Crippen LogP contribution is -2.59. The van der Waals surface area contributed by atoms with E-state index in [0.717, 1.165) is 43.6 Å². The van der Waals surface area contributed by atoms with Gasteiger partial charge in [0.05, 0.1) is 24.7 Å². The quantitative estimate of drug-likeness (QED) is 0.101. The molecule has 2 aromatic carbocycles. The van der Waals surface area contributed by atoms with Gasteiger partial charge in [0.2, 0.25) is 17.7 Å². The molecule has 4 aromatic rings. The number of hydrogen-bond donors (Lipinski definition) is 2. The molecule has 8 atom stereocenters. The van der Waals surface area contributed by atoms with E-state index in [1.165, 1.54) is 30.4 Å². The Bertz CT molecular complexity index is 2390. The predicted molar refractivity (Wildman–Crippen MR) is 237 cm³/mol. The fourth-order valence-electron chi connectivity index (χ4n) is 9.68. The molecule has 2 N–H and O–H groups in total. The molecular weight excluding hydrogens is 847 g/mol. The summed E-state index contributed by atoms with van der Waals surface area (Å²) in [6, 6.07) is 14.0. The number of rotatable bonds is 14. The lowest BCUT2D eigenvalue weighted by atomic mass is 9.90. The number of anilines is 1. The van der Waals surface area contributed by atoms with Crippen molar-refractivity contribution in [2.24, 2.45) is 11.8 Å². The van der Waals surface area contributed by atoms with E-state index >= 15 is 4.39 Å². The first kappa shape index (κ1) is 43.4. The van der Waals surface area contributed by atoms with Gasteiger partial charge < -0.3 is 34.0 Å². The molecule has 9 rings (SSSR count). The molecule has 4 aliphatic heterocycles. The van der Waals surface area contributed by atoms with Crippen molar-refractivity contribution in [3.63, 3.8) is 0 Å². The Labute approximate surface area is 370 Å². The van der Waals surface area contributed by atoms with Crippen LogP contribution in [0.1, 0.15) is 85.0 Å². The van der Waals surface area contributed by atoms with E-state index in [0.29, 0.717) is 72.4 Å². The van der Waals surface area contributed by atoms with Gasteiger partial charge in [0.15, 0.2) is 0 Å². The summed E-state index contributed by atoms with van der Waals surface area (Å²) in [5, 5.41) is 6.19. The van der Waals surface area contributed by atoms with E-state index in [2.05, 4.69) is 20.3 Å². The molecule has 14 nitrogen and oxygen atoms in total. The van der Waals surface area contributed by atoms with Crippen molar-refractivity contribution in [1.29, 1.82) is 0 Å². The Morgan fingerprint density at radius 3 is 2.57 bits per heavy atom. The zero-order valence-electron chi connectivity index (χ0n) is 35.5. The predicted octanol–water partition coefficient (Wildman–Crippen LogP) is 6.82. The fourth-order valence-corrected chi connectivity index (χ4v) is 12.5. The van der Waals surface area contributed by atoms with Crippen LogP contribution in [-0.2, 0) is 28.4 Å². The van der Waals surface area contributed by atoms with Crippen LogP contribution in [0, 0.1) is 11.8 Å². The van der Waals surface area contributed by atoms with Crippen LogP contribution in [0.3, 0.4) is 0 Å². The number of alkyl halides is 1. The van der Waals surface area contributed by atoms with Gasteiger partial charge in [0.25, 0.3) is 5.91 Å². The largest absolute Gasteiger partial charge is 0.465 e. The molecule has 334 valence electrons. The highest BCUT2D eigenvalue weighted by Crippen LogP contribution is 2.58. The number of esters is 1. The van der Waals surface area contributed by atoms with Crippen molar-refractivity contribution in [3.05, 3.63) is 89.1 Å². The molecule has 0 spiro atoms. The third kappa shape index (κ3) is 9.09. The minimum atomic E-state index is -4.45. The van der Waals surface area contributed by atoms with Crippen LogP contribution < -0.4 is 19.8 Å².